The molecule has 0 aromatic carbocycles. The molecule has 0 saturated carbocycles. The molecule has 0 amide bonds. The van der Waals surface area contributed by atoms with Crippen molar-refractivity contribution in [3.05, 3.63) is 14.9 Å². The molecule has 1 rings (SSSR count). The quantitative estimate of drug-likeness (QED) is 0.637. The van der Waals surface area contributed by atoms with Crippen molar-refractivity contribution in [1.82, 2.24) is 4.31 Å². The SMILES string of the molecule is COC(=O)CCN(CC(C)C)S(=O)(=O)c1cc(Cl)c(Br)s1. The molecule has 0 bridgehead atoms. The Morgan fingerprint density at radius 3 is 2.57 bits per heavy atom. The van der Waals surface area contributed by atoms with Gasteiger partial charge in [0.2, 0.25) is 0 Å². The molecule has 0 aliphatic rings. The first-order valence-electron chi connectivity index (χ1n) is 6.20. The van der Waals surface area contributed by atoms with Gasteiger partial charge in [-0.1, -0.05) is 25.4 Å². The Bertz CT molecular complexity index is 581. The predicted molar refractivity (Wildman–Crippen MR) is 87.3 cm³/mol. The third-order valence-electron chi connectivity index (χ3n) is 2.58. The van der Waals surface area contributed by atoms with Crippen LogP contribution in [-0.4, -0.2) is 38.9 Å². The van der Waals surface area contributed by atoms with E-state index in [0.717, 1.165) is 11.3 Å². The monoisotopic (exact) mass is 417 g/mol. The van der Waals surface area contributed by atoms with Gasteiger partial charge < -0.3 is 4.74 Å². The number of hydrogen-bond acceptors (Lipinski definition) is 5. The first kappa shape index (κ1) is 18.9. The van der Waals surface area contributed by atoms with Crippen molar-refractivity contribution in [2.24, 2.45) is 5.92 Å². The first-order chi connectivity index (χ1) is 9.68. The fourth-order valence-corrected chi connectivity index (χ4v) is 5.77. The standard InChI is InChI=1S/C12H17BrClNO4S2/c1-8(2)7-15(5-4-10(16)19-3)21(17,18)11-6-9(14)12(13)20-11/h6,8H,4-5,7H2,1-3H3. The molecular weight excluding hydrogens is 402 g/mol. The molecule has 0 spiro atoms. The summed E-state index contributed by atoms with van der Waals surface area (Å²) < 4.78 is 31.9. The Labute approximate surface area is 142 Å². The summed E-state index contributed by atoms with van der Waals surface area (Å²) in [5.41, 5.74) is 0. The minimum atomic E-state index is -3.67. The highest BCUT2D eigenvalue weighted by Gasteiger charge is 2.28. The number of sulfonamides is 1. The van der Waals surface area contributed by atoms with Crippen LogP contribution in [0, 0.1) is 5.92 Å². The van der Waals surface area contributed by atoms with Crippen molar-refractivity contribution in [1.29, 1.82) is 0 Å². The number of ether oxygens (including phenoxy) is 1. The topological polar surface area (TPSA) is 63.7 Å². The number of esters is 1. The van der Waals surface area contributed by atoms with Crippen LogP contribution in [0.15, 0.2) is 14.1 Å². The van der Waals surface area contributed by atoms with E-state index >= 15 is 0 Å². The van der Waals surface area contributed by atoms with Crippen LogP contribution in [0.4, 0.5) is 0 Å². The van der Waals surface area contributed by atoms with E-state index in [1.165, 1.54) is 17.5 Å². The first-order valence-corrected chi connectivity index (χ1v) is 9.63. The van der Waals surface area contributed by atoms with Gasteiger partial charge in [-0.2, -0.15) is 4.31 Å². The second-order valence-corrected chi connectivity index (χ2v) is 9.71. The highest BCUT2D eigenvalue weighted by Crippen LogP contribution is 2.36. The summed E-state index contributed by atoms with van der Waals surface area (Å²) >= 11 is 10.2. The van der Waals surface area contributed by atoms with E-state index < -0.39 is 16.0 Å². The van der Waals surface area contributed by atoms with E-state index in [9.17, 15) is 13.2 Å². The van der Waals surface area contributed by atoms with Gasteiger partial charge in [-0.25, -0.2) is 8.42 Å². The van der Waals surface area contributed by atoms with Crippen molar-refractivity contribution in [2.45, 2.75) is 24.5 Å². The van der Waals surface area contributed by atoms with E-state index in [1.807, 2.05) is 13.8 Å². The average Bonchev–Trinajstić information content (AvgIpc) is 2.74. The summed E-state index contributed by atoms with van der Waals surface area (Å²) in [7, 11) is -2.39. The number of carbonyl (C=O) groups is 1. The maximum Gasteiger partial charge on any atom is 0.306 e. The molecule has 0 atom stereocenters. The van der Waals surface area contributed by atoms with E-state index in [4.69, 9.17) is 11.6 Å². The number of thiophene rings is 1. The van der Waals surface area contributed by atoms with Gasteiger partial charge in [0.15, 0.2) is 0 Å². The van der Waals surface area contributed by atoms with E-state index in [1.54, 1.807) is 0 Å². The summed E-state index contributed by atoms with van der Waals surface area (Å²) in [6.45, 7) is 4.24. The number of nitrogens with zero attached hydrogens (tertiary/aromatic N) is 1. The number of carbonyl (C=O) groups excluding carboxylic acids is 1. The van der Waals surface area contributed by atoms with Crippen LogP contribution in [0.5, 0.6) is 0 Å². The number of rotatable bonds is 7. The van der Waals surface area contributed by atoms with Gasteiger partial charge in [0.25, 0.3) is 10.0 Å². The Balaban J connectivity index is 3.02. The largest absolute Gasteiger partial charge is 0.469 e. The minimum Gasteiger partial charge on any atom is -0.469 e. The highest BCUT2D eigenvalue weighted by molar-refractivity contribution is 9.11. The summed E-state index contributed by atoms with van der Waals surface area (Å²) in [4.78, 5) is 11.3. The maximum atomic E-state index is 12.6. The van der Waals surface area contributed by atoms with Gasteiger partial charge >= 0.3 is 5.97 Å². The van der Waals surface area contributed by atoms with Crippen LogP contribution in [-0.2, 0) is 19.6 Å². The molecular formula is C12H17BrClNO4S2. The van der Waals surface area contributed by atoms with Crippen LogP contribution in [0.1, 0.15) is 20.3 Å². The zero-order chi connectivity index (χ0) is 16.2. The molecule has 0 N–H and O–H groups in total. The van der Waals surface area contributed by atoms with E-state index in [-0.39, 0.29) is 23.1 Å². The van der Waals surface area contributed by atoms with Gasteiger partial charge in [-0.3, -0.25) is 4.79 Å². The lowest BCUT2D eigenvalue weighted by atomic mass is 10.2. The van der Waals surface area contributed by atoms with Crippen molar-refractivity contribution in [2.75, 3.05) is 20.2 Å². The van der Waals surface area contributed by atoms with Crippen LogP contribution in [0.2, 0.25) is 5.02 Å². The van der Waals surface area contributed by atoms with Crippen LogP contribution < -0.4 is 0 Å². The average molecular weight is 419 g/mol. The second-order valence-electron chi connectivity index (χ2n) is 4.77. The lowest BCUT2D eigenvalue weighted by molar-refractivity contribution is -0.140. The van der Waals surface area contributed by atoms with Gasteiger partial charge in [0.1, 0.15) is 4.21 Å². The van der Waals surface area contributed by atoms with Crippen molar-refractivity contribution >= 4 is 54.9 Å². The fraction of sp³-hybridized carbons (Fsp3) is 0.583. The molecule has 9 heteroatoms. The van der Waals surface area contributed by atoms with E-state index in [2.05, 4.69) is 20.7 Å². The van der Waals surface area contributed by atoms with Gasteiger partial charge in [0, 0.05) is 13.1 Å². The Hall–Kier alpha value is -0.150. The van der Waals surface area contributed by atoms with Gasteiger partial charge in [-0.05, 0) is 27.9 Å². The lowest BCUT2D eigenvalue weighted by Gasteiger charge is -2.22. The number of hydrogen-bond donors (Lipinski definition) is 0. The van der Waals surface area contributed by atoms with E-state index in [0.29, 0.717) is 15.4 Å². The molecule has 1 aromatic rings. The Morgan fingerprint density at radius 1 is 1.52 bits per heavy atom. The minimum absolute atomic E-state index is 0.0166. The van der Waals surface area contributed by atoms with Gasteiger partial charge in [0.05, 0.1) is 22.3 Å². The molecule has 21 heavy (non-hydrogen) atoms. The lowest BCUT2D eigenvalue weighted by Crippen LogP contribution is -2.35. The van der Waals surface area contributed by atoms with Crippen molar-refractivity contribution < 1.29 is 17.9 Å². The van der Waals surface area contributed by atoms with Crippen LogP contribution >= 0.6 is 38.9 Å². The van der Waals surface area contributed by atoms with Crippen molar-refractivity contribution in [3.63, 3.8) is 0 Å². The zero-order valence-electron chi connectivity index (χ0n) is 11.9. The molecule has 0 aliphatic carbocycles. The molecule has 0 fully saturated rings. The summed E-state index contributed by atoms with van der Waals surface area (Å²) in [6.07, 6.45) is 0.0166. The zero-order valence-corrected chi connectivity index (χ0v) is 15.9. The summed E-state index contributed by atoms with van der Waals surface area (Å²) in [5.74, 6) is -0.305. The van der Waals surface area contributed by atoms with Gasteiger partial charge in [-0.15, -0.1) is 11.3 Å². The van der Waals surface area contributed by atoms with Crippen LogP contribution in [0.25, 0.3) is 0 Å². The Kier molecular flexibility index (Phi) is 7.12. The maximum absolute atomic E-state index is 12.6. The molecule has 1 heterocycles. The summed E-state index contributed by atoms with van der Waals surface area (Å²) in [5, 5.41) is 0.357. The number of methoxy groups -OCH3 is 1. The smallest absolute Gasteiger partial charge is 0.306 e. The second kappa shape index (κ2) is 7.92. The fourth-order valence-electron chi connectivity index (χ4n) is 1.62. The molecule has 120 valence electrons. The predicted octanol–water partition coefficient (Wildman–Crippen LogP) is 3.37. The third kappa shape index (κ3) is 5.21. The Morgan fingerprint density at radius 2 is 2.14 bits per heavy atom. The van der Waals surface area contributed by atoms with Crippen LogP contribution in [0.3, 0.4) is 0 Å². The normalized spacial score (nSPS) is 12.1. The molecule has 0 saturated heterocycles. The molecule has 5 nitrogen and oxygen atoms in total. The molecule has 1 aromatic heterocycles. The summed E-state index contributed by atoms with van der Waals surface area (Å²) in [6, 6.07) is 1.41. The highest BCUT2D eigenvalue weighted by atomic mass is 79.9. The molecule has 0 radical (unpaired) electrons. The number of halogens is 2. The molecule has 0 unspecified atom stereocenters. The van der Waals surface area contributed by atoms with Crippen molar-refractivity contribution in [3.8, 4) is 0 Å². The third-order valence-corrected chi connectivity index (χ3v) is 7.37. The molecule has 0 aliphatic heterocycles.